The lowest BCUT2D eigenvalue weighted by Crippen LogP contribution is -2.30. The number of thioether (sulfide) groups is 1. The first-order valence-electron chi connectivity index (χ1n) is 10.6. The second-order valence-corrected chi connectivity index (χ2v) is 10.6. The molecule has 2 heterocycles. The molecule has 11 heteroatoms. The van der Waals surface area contributed by atoms with Crippen LogP contribution in [0.5, 0.6) is 11.5 Å². The molecule has 1 aliphatic heterocycles. The van der Waals surface area contributed by atoms with Crippen molar-refractivity contribution in [2.75, 3.05) is 6.79 Å². The number of amides is 1. The van der Waals surface area contributed by atoms with Crippen LogP contribution >= 0.6 is 11.8 Å². The minimum Gasteiger partial charge on any atom is -0.454 e. The first-order valence-corrected chi connectivity index (χ1v) is 13.0. The largest absolute Gasteiger partial charge is 0.454 e. The number of hydrogen-bond donors (Lipinski definition) is 2. The molecule has 0 saturated heterocycles. The summed E-state index contributed by atoms with van der Waals surface area (Å²) >= 11 is 1.34. The van der Waals surface area contributed by atoms with E-state index in [1.54, 1.807) is 6.07 Å². The van der Waals surface area contributed by atoms with Crippen LogP contribution in [-0.4, -0.2) is 35.9 Å². The fourth-order valence-electron chi connectivity index (χ4n) is 3.48. The van der Waals surface area contributed by atoms with Crippen LogP contribution in [0.25, 0.3) is 11.0 Å². The fourth-order valence-corrected chi connectivity index (χ4v) is 4.99. The number of nitrogens with two attached hydrogens (primary N) is 1. The van der Waals surface area contributed by atoms with E-state index in [0.717, 1.165) is 30.5 Å². The van der Waals surface area contributed by atoms with Crippen molar-refractivity contribution in [1.82, 2.24) is 14.9 Å². The molecule has 0 fully saturated rings. The number of sulfonamides is 1. The first kappa shape index (κ1) is 23.4. The Morgan fingerprint density at radius 2 is 2.03 bits per heavy atom. The van der Waals surface area contributed by atoms with Crippen molar-refractivity contribution < 1.29 is 22.7 Å². The van der Waals surface area contributed by atoms with Crippen LogP contribution in [-0.2, 0) is 27.9 Å². The number of nitrogens with zero attached hydrogens (tertiary/aromatic N) is 2. The van der Waals surface area contributed by atoms with Crippen LogP contribution in [0.4, 0.5) is 0 Å². The molecule has 1 amide bonds. The number of primary sulfonamides is 1. The molecule has 9 nitrogen and oxygen atoms in total. The van der Waals surface area contributed by atoms with Gasteiger partial charge in [0.2, 0.25) is 22.7 Å². The van der Waals surface area contributed by atoms with E-state index in [2.05, 4.69) is 17.2 Å². The van der Waals surface area contributed by atoms with Gasteiger partial charge in [-0.3, -0.25) is 4.79 Å². The minimum atomic E-state index is -3.83. The van der Waals surface area contributed by atoms with Crippen molar-refractivity contribution in [3.05, 3.63) is 42.0 Å². The van der Waals surface area contributed by atoms with Gasteiger partial charge in [0.25, 0.3) is 0 Å². The highest BCUT2D eigenvalue weighted by Crippen LogP contribution is 2.33. The van der Waals surface area contributed by atoms with Gasteiger partial charge in [0.1, 0.15) is 0 Å². The Hall–Kier alpha value is -2.76. The number of aryl methyl sites for hydroxylation is 1. The van der Waals surface area contributed by atoms with Crippen molar-refractivity contribution >= 4 is 38.7 Å². The highest BCUT2D eigenvalue weighted by Gasteiger charge is 2.21. The number of hydrogen-bond acceptors (Lipinski definition) is 7. The summed E-state index contributed by atoms with van der Waals surface area (Å²) in [5.41, 5.74) is 2.26. The van der Waals surface area contributed by atoms with E-state index in [-0.39, 0.29) is 17.6 Å². The lowest BCUT2D eigenvalue weighted by atomic mass is 10.2. The van der Waals surface area contributed by atoms with Gasteiger partial charge in [-0.1, -0.05) is 31.2 Å². The number of imidazole rings is 1. The molecular formula is C22H26N4O5S2. The number of fused-ring (bicyclic) bond motifs is 2. The van der Waals surface area contributed by atoms with E-state index in [0.29, 0.717) is 28.7 Å². The Bertz CT molecular complexity index is 1290. The van der Waals surface area contributed by atoms with E-state index in [9.17, 15) is 13.2 Å². The molecule has 0 saturated carbocycles. The summed E-state index contributed by atoms with van der Waals surface area (Å²) in [6.07, 6.45) is 1.92. The quantitative estimate of drug-likeness (QED) is 0.442. The third-order valence-electron chi connectivity index (χ3n) is 5.30. The molecule has 3 aromatic rings. The SMILES string of the molecule is CCCCn1c(SC(C)C(=O)NCc2ccc3c(c2)OCO3)nc2cc(S(N)(=O)=O)ccc21. The number of nitrogens with one attached hydrogen (secondary N) is 1. The number of carbonyl (C=O) groups is 1. The Morgan fingerprint density at radius 3 is 2.79 bits per heavy atom. The smallest absolute Gasteiger partial charge is 0.238 e. The second kappa shape index (κ2) is 9.62. The molecule has 0 radical (unpaired) electrons. The van der Waals surface area contributed by atoms with Gasteiger partial charge in [0.15, 0.2) is 16.7 Å². The van der Waals surface area contributed by atoms with Gasteiger partial charge in [-0.05, 0) is 49.2 Å². The maximum atomic E-state index is 12.8. The van der Waals surface area contributed by atoms with E-state index in [1.807, 2.05) is 29.7 Å². The summed E-state index contributed by atoms with van der Waals surface area (Å²) in [5.74, 6) is 1.25. The van der Waals surface area contributed by atoms with Gasteiger partial charge < -0.3 is 19.4 Å². The average molecular weight is 491 g/mol. The van der Waals surface area contributed by atoms with Crippen LogP contribution in [0.15, 0.2) is 46.5 Å². The first-order chi connectivity index (χ1) is 15.8. The molecule has 1 unspecified atom stereocenters. The van der Waals surface area contributed by atoms with Crippen LogP contribution in [0.2, 0.25) is 0 Å². The Kier molecular flexibility index (Phi) is 6.82. The molecule has 1 atom stereocenters. The molecule has 3 N–H and O–H groups in total. The summed E-state index contributed by atoms with van der Waals surface area (Å²) in [5, 5.41) is 8.47. The van der Waals surface area contributed by atoms with Crippen LogP contribution in [0.1, 0.15) is 32.3 Å². The number of unbranched alkanes of at least 4 members (excludes halogenated alkanes) is 1. The maximum Gasteiger partial charge on any atom is 0.238 e. The predicted molar refractivity (Wildman–Crippen MR) is 126 cm³/mol. The van der Waals surface area contributed by atoms with Crippen molar-refractivity contribution in [3.8, 4) is 11.5 Å². The van der Waals surface area contributed by atoms with Gasteiger partial charge in [0, 0.05) is 13.1 Å². The molecular weight excluding hydrogens is 464 g/mol. The summed E-state index contributed by atoms with van der Waals surface area (Å²) in [6.45, 7) is 5.20. The predicted octanol–water partition coefficient (Wildman–Crippen LogP) is 3.01. The Balaban J connectivity index is 1.49. The maximum absolute atomic E-state index is 12.8. The minimum absolute atomic E-state index is 0.0150. The van der Waals surface area contributed by atoms with Crippen molar-refractivity contribution in [2.24, 2.45) is 5.14 Å². The zero-order valence-corrected chi connectivity index (χ0v) is 20.0. The van der Waals surface area contributed by atoms with Gasteiger partial charge in [-0.15, -0.1) is 0 Å². The van der Waals surface area contributed by atoms with Crippen molar-refractivity contribution in [3.63, 3.8) is 0 Å². The van der Waals surface area contributed by atoms with Crippen LogP contribution < -0.4 is 19.9 Å². The number of ether oxygens (including phenoxy) is 2. The van der Waals surface area contributed by atoms with E-state index >= 15 is 0 Å². The van der Waals surface area contributed by atoms with Gasteiger partial charge in [0.05, 0.1) is 21.2 Å². The normalized spacial score (nSPS) is 13.9. The molecule has 0 spiro atoms. The highest BCUT2D eigenvalue weighted by atomic mass is 32.2. The van der Waals surface area contributed by atoms with Crippen molar-refractivity contribution in [1.29, 1.82) is 0 Å². The zero-order valence-electron chi connectivity index (χ0n) is 18.4. The molecule has 4 rings (SSSR count). The van der Waals surface area contributed by atoms with Crippen LogP contribution in [0.3, 0.4) is 0 Å². The van der Waals surface area contributed by atoms with Crippen LogP contribution in [0, 0.1) is 0 Å². The molecule has 0 bridgehead atoms. The third kappa shape index (κ3) is 5.26. The number of aromatic nitrogens is 2. The summed E-state index contributed by atoms with van der Waals surface area (Å²) in [7, 11) is -3.83. The zero-order chi connectivity index (χ0) is 23.6. The average Bonchev–Trinajstić information content (AvgIpc) is 3.38. The Morgan fingerprint density at radius 1 is 1.24 bits per heavy atom. The number of carbonyl (C=O) groups excluding carboxylic acids is 1. The van der Waals surface area contributed by atoms with E-state index in [4.69, 9.17) is 14.6 Å². The number of benzene rings is 2. The monoisotopic (exact) mass is 490 g/mol. The van der Waals surface area contributed by atoms with Gasteiger partial charge in [-0.2, -0.15) is 0 Å². The molecule has 0 aliphatic carbocycles. The standard InChI is InChI=1S/C22H26N4O5S2/c1-3-4-9-26-18-7-6-16(33(23,28)29)11-17(18)25-22(26)32-14(2)21(27)24-12-15-5-8-19-20(10-15)31-13-30-19/h5-8,10-11,14H,3-4,9,12-13H2,1-2H3,(H,24,27)(H2,23,28,29). The fraction of sp³-hybridized carbons (Fsp3) is 0.364. The molecule has 1 aliphatic rings. The number of rotatable bonds is 9. The third-order valence-corrected chi connectivity index (χ3v) is 7.30. The molecule has 33 heavy (non-hydrogen) atoms. The summed E-state index contributed by atoms with van der Waals surface area (Å²) < 4.78 is 36.2. The van der Waals surface area contributed by atoms with E-state index < -0.39 is 15.3 Å². The van der Waals surface area contributed by atoms with Crippen molar-refractivity contribution in [2.45, 2.75) is 55.1 Å². The van der Waals surface area contributed by atoms with E-state index in [1.165, 1.54) is 23.9 Å². The summed E-state index contributed by atoms with van der Waals surface area (Å²) in [6, 6.07) is 10.2. The Labute approximate surface area is 196 Å². The summed E-state index contributed by atoms with van der Waals surface area (Å²) in [4.78, 5) is 17.4. The van der Waals surface area contributed by atoms with Gasteiger partial charge >= 0.3 is 0 Å². The molecule has 1 aromatic heterocycles. The lowest BCUT2D eigenvalue weighted by molar-refractivity contribution is -0.120. The molecule has 176 valence electrons. The highest BCUT2D eigenvalue weighted by molar-refractivity contribution is 8.00. The van der Waals surface area contributed by atoms with Gasteiger partial charge in [-0.25, -0.2) is 18.5 Å². The second-order valence-electron chi connectivity index (χ2n) is 7.76. The lowest BCUT2D eigenvalue weighted by Gasteiger charge is -2.13. The molecule has 2 aromatic carbocycles. The topological polar surface area (TPSA) is 126 Å².